The zero-order valence-electron chi connectivity index (χ0n) is 11.6. The zero-order chi connectivity index (χ0) is 13.4. The van der Waals surface area contributed by atoms with Crippen LogP contribution in [-0.2, 0) is 16.0 Å². The molecule has 2 heterocycles. The van der Waals surface area contributed by atoms with E-state index in [9.17, 15) is 4.79 Å². The van der Waals surface area contributed by atoms with Gasteiger partial charge in [0.05, 0.1) is 13.0 Å². The Morgan fingerprint density at radius 1 is 1.26 bits per heavy atom. The number of hydrogen-bond acceptors (Lipinski definition) is 3. The van der Waals surface area contributed by atoms with E-state index in [1.54, 1.807) is 0 Å². The van der Waals surface area contributed by atoms with E-state index in [1.165, 1.54) is 19.1 Å². The molecule has 3 heteroatoms. The van der Waals surface area contributed by atoms with Crippen LogP contribution in [0.25, 0.3) is 0 Å². The Morgan fingerprint density at radius 2 is 1.95 bits per heavy atom. The molecule has 1 aromatic carbocycles. The summed E-state index contributed by atoms with van der Waals surface area (Å²) in [6, 6.07) is 11.4. The monoisotopic (exact) mass is 259 g/mol. The van der Waals surface area contributed by atoms with E-state index in [-0.39, 0.29) is 11.9 Å². The number of carbonyl (C=O) groups is 1. The summed E-state index contributed by atoms with van der Waals surface area (Å²) in [5.41, 5.74) is 1.32. The maximum atomic E-state index is 12.1. The van der Waals surface area contributed by atoms with Gasteiger partial charge in [-0.25, -0.2) is 0 Å². The number of esters is 1. The number of methoxy groups -OCH3 is 1. The van der Waals surface area contributed by atoms with Gasteiger partial charge in [0.15, 0.2) is 0 Å². The molecule has 0 unspecified atom stereocenters. The summed E-state index contributed by atoms with van der Waals surface area (Å²) < 4.78 is 5.04. The molecule has 2 aliphatic heterocycles. The molecular weight excluding hydrogens is 238 g/mol. The minimum Gasteiger partial charge on any atom is -0.469 e. The second-order valence-electron chi connectivity index (χ2n) is 5.78. The first kappa shape index (κ1) is 12.7. The number of benzene rings is 1. The molecule has 2 saturated heterocycles. The van der Waals surface area contributed by atoms with Crippen LogP contribution in [0.1, 0.15) is 18.4 Å². The van der Waals surface area contributed by atoms with Crippen molar-refractivity contribution in [3.05, 3.63) is 35.9 Å². The van der Waals surface area contributed by atoms with Crippen LogP contribution in [0.5, 0.6) is 0 Å². The average Bonchev–Trinajstić information content (AvgIpc) is 2.92. The van der Waals surface area contributed by atoms with Gasteiger partial charge >= 0.3 is 5.97 Å². The minimum absolute atomic E-state index is 0.0278. The number of ether oxygens (including phenoxy) is 1. The summed E-state index contributed by atoms with van der Waals surface area (Å²) in [5, 5.41) is 0. The van der Waals surface area contributed by atoms with E-state index in [0.717, 1.165) is 12.8 Å². The van der Waals surface area contributed by atoms with E-state index in [1.807, 2.05) is 6.07 Å². The van der Waals surface area contributed by atoms with Crippen molar-refractivity contribution in [1.82, 2.24) is 4.90 Å². The van der Waals surface area contributed by atoms with E-state index >= 15 is 0 Å². The fourth-order valence-electron chi connectivity index (χ4n) is 4.09. The Bertz CT molecular complexity index is 459. The van der Waals surface area contributed by atoms with Crippen molar-refractivity contribution >= 4 is 5.97 Å². The molecule has 3 nitrogen and oxygen atoms in total. The first-order valence-electron chi connectivity index (χ1n) is 7.06. The molecule has 102 valence electrons. The molecule has 2 aliphatic rings. The predicted molar refractivity (Wildman–Crippen MR) is 73.7 cm³/mol. The van der Waals surface area contributed by atoms with Crippen molar-refractivity contribution < 1.29 is 9.53 Å². The molecule has 0 saturated carbocycles. The summed E-state index contributed by atoms with van der Waals surface area (Å²) >= 11 is 0. The lowest BCUT2D eigenvalue weighted by atomic mass is 9.76. The van der Waals surface area contributed by atoms with Gasteiger partial charge in [-0.2, -0.15) is 0 Å². The van der Waals surface area contributed by atoms with Crippen LogP contribution in [0.3, 0.4) is 0 Å². The molecule has 0 radical (unpaired) electrons. The highest BCUT2D eigenvalue weighted by Gasteiger charge is 2.54. The maximum Gasteiger partial charge on any atom is 0.310 e. The molecule has 1 aromatic rings. The Balaban J connectivity index is 1.84. The second kappa shape index (κ2) is 4.97. The lowest BCUT2D eigenvalue weighted by Gasteiger charge is -2.27. The van der Waals surface area contributed by atoms with Gasteiger partial charge in [0.1, 0.15) is 0 Å². The minimum atomic E-state index is -0.0278. The molecule has 2 bridgehead atoms. The van der Waals surface area contributed by atoms with Crippen molar-refractivity contribution in [3.8, 4) is 0 Å². The highest BCUT2D eigenvalue weighted by Crippen LogP contribution is 2.46. The fraction of sp³-hybridized carbons (Fsp3) is 0.562. The predicted octanol–water partition coefficient (Wildman–Crippen LogP) is 2.11. The number of nitrogens with zero attached hydrogens (tertiary/aromatic N) is 1. The Kier molecular flexibility index (Phi) is 3.31. The molecule has 0 spiro atoms. The summed E-state index contributed by atoms with van der Waals surface area (Å²) in [7, 11) is 3.66. The van der Waals surface area contributed by atoms with Crippen molar-refractivity contribution in [1.29, 1.82) is 0 Å². The lowest BCUT2D eigenvalue weighted by molar-refractivity contribution is -0.148. The van der Waals surface area contributed by atoms with Crippen molar-refractivity contribution in [3.63, 3.8) is 0 Å². The van der Waals surface area contributed by atoms with Gasteiger partial charge in [0.2, 0.25) is 0 Å². The highest BCUT2D eigenvalue weighted by atomic mass is 16.5. The quantitative estimate of drug-likeness (QED) is 0.779. The van der Waals surface area contributed by atoms with Crippen LogP contribution >= 0.6 is 0 Å². The fourth-order valence-corrected chi connectivity index (χ4v) is 4.09. The topological polar surface area (TPSA) is 29.5 Å². The SMILES string of the molecule is COC(=O)[C@H]1[C@H](Cc2ccccc2)[C@@H]2CC[C@H]1N2C. The molecule has 3 rings (SSSR count). The smallest absolute Gasteiger partial charge is 0.310 e. The zero-order valence-corrected chi connectivity index (χ0v) is 11.6. The molecular formula is C16H21NO2. The van der Waals surface area contributed by atoms with Crippen LogP contribution in [0.2, 0.25) is 0 Å². The second-order valence-corrected chi connectivity index (χ2v) is 5.78. The summed E-state index contributed by atoms with van der Waals surface area (Å²) in [6.45, 7) is 0. The van der Waals surface area contributed by atoms with Gasteiger partial charge in [-0.15, -0.1) is 0 Å². The summed E-state index contributed by atoms with van der Waals surface area (Å²) in [4.78, 5) is 14.5. The Hall–Kier alpha value is -1.35. The lowest BCUT2D eigenvalue weighted by Crippen LogP contribution is -2.35. The third-order valence-electron chi connectivity index (χ3n) is 4.96. The summed E-state index contributed by atoms with van der Waals surface area (Å²) in [5.74, 6) is 0.424. The number of hydrogen-bond donors (Lipinski definition) is 0. The normalized spacial score (nSPS) is 33.6. The molecule has 4 atom stereocenters. The number of rotatable bonds is 3. The van der Waals surface area contributed by atoms with Crippen molar-refractivity contribution in [2.45, 2.75) is 31.3 Å². The Labute approximate surface area is 114 Å². The van der Waals surface area contributed by atoms with E-state index in [4.69, 9.17) is 4.74 Å². The molecule has 19 heavy (non-hydrogen) atoms. The van der Waals surface area contributed by atoms with Gasteiger partial charge < -0.3 is 4.74 Å². The van der Waals surface area contributed by atoms with Gasteiger partial charge in [-0.05, 0) is 37.8 Å². The molecule has 0 N–H and O–H groups in total. The van der Waals surface area contributed by atoms with Crippen molar-refractivity contribution in [2.24, 2.45) is 11.8 Å². The average molecular weight is 259 g/mol. The molecule has 0 aliphatic carbocycles. The van der Waals surface area contributed by atoms with Crippen LogP contribution in [0, 0.1) is 11.8 Å². The van der Waals surface area contributed by atoms with Gasteiger partial charge in [0, 0.05) is 12.1 Å². The Morgan fingerprint density at radius 3 is 2.63 bits per heavy atom. The van der Waals surface area contributed by atoms with Crippen LogP contribution in [-0.4, -0.2) is 37.1 Å². The van der Waals surface area contributed by atoms with E-state index in [2.05, 4.69) is 36.2 Å². The first-order valence-corrected chi connectivity index (χ1v) is 7.06. The van der Waals surface area contributed by atoms with Crippen LogP contribution < -0.4 is 0 Å². The molecule has 2 fully saturated rings. The van der Waals surface area contributed by atoms with Gasteiger partial charge in [-0.3, -0.25) is 9.69 Å². The molecule has 0 aromatic heterocycles. The van der Waals surface area contributed by atoms with Crippen LogP contribution in [0.4, 0.5) is 0 Å². The van der Waals surface area contributed by atoms with Crippen molar-refractivity contribution in [2.75, 3.05) is 14.2 Å². The third kappa shape index (κ3) is 2.06. The van der Waals surface area contributed by atoms with Crippen LogP contribution in [0.15, 0.2) is 30.3 Å². The maximum absolute atomic E-state index is 12.1. The van der Waals surface area contributed by atoms with Gasteiger partial charge in [-0.1, -0.05) is 30.3 Å². The molecule has 0 amide bonds. The third-order valence-corrected chi connectivity index (χ3v) is 4.96. The largest absolute Gasteiger partial charge is 0.469 e. The number of fused-ring (bicyclic) bond motifs is 2. The highest BCUT2D eigenvalue weighted by molar-refractivity contribution is 5.74. The number of carbonyl (C=O) groups excluding carboxylic acids is 1. The van der Waals surface area contributed by atoms with E-state index < -0.39 is 0 Å². The first-order chi connectivity index (χ1) is 9.22. The van der Waals surface area contributed by atoms with Gasteiger partial charge in [0.25, 0.3) is 0 Å². The van der Waals surface area contributed by atoms with E-state index in [0.29, 0.717) is 18.0 Å². The standard InChI is InChI=1S/C16H21NO2/c1-17-13-8-9-14(17)15(16(18)19-2)12(13)10-11-6-4-3-5-7-11/h3-7,12-15H,8-10H2,1-2H3/t12-,13+,14-,15+/m1/s1. The summed E-state index contributed by atoms with van der Waals surface area (Å²) in [6.07, 6.45) is 3.32.